The van der Waals surface area contributed by atoms with E-state index < -0.39 is 5.41 Å². The van der Waals surface area contributed by atoms with Crippen LogP contribution in [0, 0.1) is 31.1 Å². The molecule has 3 heteroatoms. The van der Waals surface area contributed by atoms with E-state index in [1.807, 2.05) is 20.8 Å². The third kappa shape index (κ3) is 3.81. The van der Waals surface area contributed by atoms with Gasteiger partial charge in [-0.1, -0.05) is 43.9 Å². The van der Waals surface area contributed by atoms with Crippen LogP contribution in [0.5, 0.6) is 0 Å². The zero-order chi connectivity index (χ0) is 20.6. The van der Waals surface area contributed by atoms with Gasteiger partial charge in [-0.2, -0.15) is 0 Å². The molecular weight excluding hydrogens is 348 g/mol. The lowest BCUT2D eigenvalue weighted by Crippen LogP contribution is -2.25. The molecule has 0 aromatic heterocycles. The molecule has 1 aromatic carbocycles. The predicted molar refractivity (Wildman–Crippen MR) is 113 cm³/mol. The third-order valence-electron chi connectivity index (χ3n) is 6.19. The number of hydrogen-bond donors (Lipinski definition) is 0. The van der Waals surface area contributed by atoms with E-state index in [1.165, 1.54) is 11.1 Å². The Kier molecular flexibility index (Phi) is 5.84. The van der Waals surface area contributed by atoms with Gasteiger partial charge in [0.05, 0.1) is 11.0 Å². The molecule has 2 atom stereocenters. The monoisotopic (exact) mass is 382 g/mol. The van der Waals surface area contributed by atoms with Gasteiger partial charge in [-0.05, 0) is 70.6 Å². The van der Waals surface area contributed by atoms with E-state index >= 15 is 0 Å². The van der Waals surface area contributed by atoms with Gasteiger partial charge in [-0.3, -0.25) is 9.59 Å². The number of fused-ring (bicyclic) bond motifs is 1. The lowest BCUT2D eigenvalue weighted by molar-refractivity contribution is -0.149. The topological polar surface area (TPSA) is 43.4 Å². The molecule has 0 N–H and O–H groups in total. The van der Waals surface area contributed by atoms with Gasteiger partial charge >= 0.3 is 5.97 Å². The first-order valence-corrected chi connectivity index (χ1v) is 10.8. The first-order valence-electron chi connectivity index (χ1n) is 10.8. The Bertz CT molecular complexity index is 823. The van der Waals surface area contributed by atoms with Crippen molar-refractivity contribution in [3.63, 3.8) is 0 Å². The first kappa shape index (κ1) is 20.8. The fraction of sp³-hybridized carbons (Fsp3) is 0.600. The number of hydrogen-bond acceptors (Lipinski definition) is 3. The molecule has 1 saturated carbocycles. The van der Waals surface area contributed by atoms with Crippen LogP contribution < -0.4 is 0 Å². The standard InChI is InChI=1S/C25H34O3/c1-7-17-14-15(2)13-16(3)20(17)21-22(26)18-11-9-8-10-12-19(18)23(21)28-24(27)25(4,5)6/h13-14,18-19H,7-12H2,1-6H3/t18-,19+/m0/s1. The van der Waals surface area contributed by atoms with Crippen molar-refractivity contribution in [1.29, 1.82) is 0 Å². The molecule has 0 aliphatic heterocycles. The maximum atomic E-state index is 13.6. The van der Waals surface area contributed by atoms with Crippen LogP contribution in [0.3, 0.4) is 0 Å². The van der Waals surface area contributed by atoms with Gasteiger partial charge in [0.1, 0.15) is 5.76 Å². The second-order valence-corrected chi connectivity index (χ2v) is 9.56. The normalized spacial score (nSPS) is 22.9. The molecule has 0 radical (unpaired) electrons. The van der Waals surface area contributed by atoms with Crippen LogP contribution in [0.25, 0.3) is 5.57 Å². The summed E-state index contributed by atoms with van der Waals surface area (Å²) in [7, 11) is 0. The van der Waals surface area contributed by atoms with Crippen LogP contribution in [0.4, 0.5) is 0 Å². The molecule has 3 rings (SSSR count). The highest BCUT2D eigenvalue weighted by atomic mass is 16.5. The van der Waals surface area contributed by atoms with Crippen molar-refractivity contribution in [2.45, 2.75) is 80.1 Å². The van der Waals surface area contributed by atoms with Gasteiger partial charge in [0, 0.05) is 11.8 Å². The molecule has 2 aliphatic rings. The number of allylic oxidation sites excluding steroid dienone is 2. The minimum Gasteiger partial charge on any atom is -0.430 e. The van der Waals surface area contributed by atoms with Gasteiger partial charge in [0.25, 0.3) is 0 Å². The number of esters is 1. The minimum absolute atomic E-state index is 0.0364. The van der Waals surface area contributed by atoms with Gasteiger partial charge in [-0.25, -0.2) is 0 Å². The molecule has 0 unspecified atom stereocenters. The summed E-state index contributed by atoms with van der Waals surface area (Å²) in [5, 5.41) is 0. The Morgan fingerprint density at radius 2 is 1.71 bits per heavy atom. The summed E-state index contributed by atoms with van der Waals surface area (Å²) in [6.07, 6.45) is 6.00. The molecule has 0 spiro atoms. The smallest absolute Gasteiger partial charge is 0.316 e. The summed E-state index contributed by atoms with van der Waals surface area (Å²) >= 11 is 0. The number of ketones is 1. The number of benzene rings is 1. The molecule has 1 fully saturated rings. The quantitative estimate of drug-likeness (QED) is 0.607. The molecular formula is C25H34O3. The van der Waals surface area contributed by atoms with Crippen LogP contribution in [0.1, 0.15) is 82.1 Å². The van der Waals surface area contributed by atoms with Crippen LogP contribution in [0.15, 0.2) is 17.9 Å². The second-order valence-electron chi connectivity index (χ2n) is 9.56. The third-order valence-corrected chi connectivity index (χ3v) is 6.19. The SMILES string of the molecule is CCc1cc(C)cc(C)c1C1=C(OC(=O)C(C)(C)C)[C@@H]2CCCCC[C@@H]2C1=O. The summed E-state index contributed by atoms with van der Waals surface area (Å²) in [5.41, 5.74) is 4.56. The summed E-state index contributed by atoms with van der Waals surface area (Å²) in [6.45, 7) is 11.9. The number of aryl methyl sites for hydroxylation is 3. The first-order chi connectivity index (χ1) is 13.1. The molecule has 28 heavy (non-hydrogen) atoms. The molecule has 1 aromatic rings. The lowest BCUT2D eigenvalue weighted by atomic mass is 9.87. The largest absolute Gasteiger partial charge is 0.430 e. The summed E-state index contributed by atoms with van der Waals surface area (Å²) in [6, 6.07) is 4.30. The Labute approximate surface area is 169 Å². The van der Waals surface area contributed by atoms with Crippen LogP contribution in [-0.2, 0) is 20.7 Å². The predicted octanol–water partition coefficient (Wildman–Crippen LogP) is 5.95. The van der Waals surface area contributed by atoms with E-state index in [1.54, 1.807) is 0 Å². The molecule has 0 saturated heterocycles. The zero-order valence-corrected chi connectivity index (χ0v) is 18.3. The molecule has 3 nitrogen and oxygen atoms in total. The van der Waals surface area contributed by atoms with E-state index in [9.17, 15) is 9.59 Å². The van der Waals surface area contributed by atoms with E-state index in [4.69, 9.17) is 4.74 Å². The number of rotatable bonds is 3. The van der Waals surface area contributed by atoms with E-state index in [2.05, 4.69) is 32.9 Å². The number of carbonyl (C=O) groups is 2. The molecule has 0 heterocycles. The molecule has 0 bridgehead atoms. The summed E-state index contributed by atoms with van der Waals surface area (Å²) in [5.74, 6) is 0.594. The Morgan fingerprint density at radius 1 is 1.07 bits per heavy atom. The highest BCUT2D eigenvalue weighted by Gasteiger charge is 2.46. The minimum atomic E-state index is -0.597. The maximum Gasteiger partial charge on any atom is 0.316 e. The lowest BCUT2D eigenvalue weighted by Gasteiger charge is -2.22. The number of Topliss-reactive ketones (excluding diaryl/α,β-unsaturated/α-hetero) is 1. The van der Waals surface area contributed by atoms with Crippen molar-refractivity contribution in [1.82, 2.24) is 0 Å². The van der Waals surface area contributed by atoms with Crippen molar-refractivity contribution < 1.29 is 14.3 Å². The van der Waals surface area contributed by atoms with Gasteiger partial charge in [-0.15, -0.1) is 0 Å². The van der Waals surface area contributed by atoms with Crippen molar-refractivity contribution >= 4 is 17.3 Å². The van der Waals surface area contributed by atoms with E-state index in [-0.39, 0.29) is 23.6 Å². The Hall–Kier alpha value is -1.90. The number of carbonyl (C=O) groups excluding carboxylic acids is 2. The van der Waals surface area contributed by atoms with Crippen LogP contribution in [-0.4, -0.2) is 11.8 Å². The van der Waals surface area contributed by atoms with Crippen molar-refractivity contribution in [2.24, 2.45) is 17.3 Å². The van der Waals surface area contributed by atoms with Crippen LogP contribution >= 0.6 is 0 Å². The van der Waals surface area contributed by atoms with Gasteiger partial charge < -0.3 is 4.74 Å². The van der Waals surface area contributed by atoms with Crippen LogP contribution in [0.2, 0.25) is 0 Å². The number of ether oxygens (including phenoxy) is 1. The molecule has 2 aliphatic carbocycles. The average Bonchev–Trinajstić information content (AvgIpc) is 2.78. The fourth-order valence-electron chi connectivity index (χ4n) is 4.75. The van der Waals surface area contributed by atoms with Crippen molar-refractivity contribution in [3.05, 3.63) is 40.1 Å². The van der Waals surface area contributed by atoms with E-state index in [0.29, 0.717) is 11.3 Å². The maximum absolute atomic E-state index is 13.6. The highest BCUT2D eigenvalue weighted by molar-refractivity contribution is 6.25. The average molecular weight is 383 g/mol. The summed E-state index contributed by atoms with van der Waals surface area (Å²) in [4.78, 5) is 26.4. The van der Waals surface area contributed by atoms with Crippen molar-refractivity contribution in [2.75, 3.05) is 0 Å². The Morgan fingerprint density at radius 3 is 2.32 bits per heavy atom. The fourth-order valence-corrected chi connectivity index (χ4v) is 4.75. The Balaban J connectivity index is 2.20. The van der Waals surface area contributed by atoms with Gasteiger partial charge in [0.2, 0.25) is 0 Å². The molecule has 0 amide bonds. The molecule has 152 valence electrons. The second kappa shape index (κ2) is 7.85. The van der Waals surface area contributed by atoms with E-state index in [0.717, 1.165) is 49.7 Å². The zero-order valence-electron chi connectivity index (χ0n) is 18.3. The van der Waals surface area contributed by atoms with Crippen molar-refractivity contribution in [3.8, 4) is 0 Å². The summed E-state index contributed by atoms with van der Waals surface area (Å²) < 4.78 is 6.04. The highest BCUT2D eigenvalue weighted by Crippen LogP contribution is 2.48. The van der Waals surface area contributed by atoms with Gasteiger partial charge in [0.15, 0.2) is 5.78 Å².